The topological polar surface area (TPSA) is 64.4 Å². The van der Waals surface area contributed by atoms with Gasteiger partial charge in [-0.15, -0.1) is 11.3 Å². The number of thiophene rings is 1. The second kappa shape index (κ2) is 7.60. The van der Waals surface area contributed by atoms with Crippen molar-refractivity contribution in [2.24, 2.45) is 0 Å². The van der Waals surface area contributed by atoms with E-state index in [2.05, 4.69) is 10.5 Å². The Balaban J connectivity index is 1.47. The predicted molar refractivity (Wildman–Crippen MR) is 87.6 cm³/mol. The van der Waals surface area contributed by atoms with Gasteiger partial charge in [-0.3, -0.25) is 4.79 Å². The van der Waals surface area contributed by atoms with Gasteiger partial charge in [0.15, 0.2) is 0 Å². The fourth-order valence-corrected chi connectivity index (χ4v) is 2.72. The molecule has 1 N–H and O–H groups in total. The summed E-state index contributed by atoms with van der Waals surface area (Å²) in [6, 6.07) is 15.3. The smallest absolute Gasteiger partial charge is 0.290 e. The van der Waals surface area contributed by atoms with Crippen LogP contribution in [0.1, 0.15) is 21.0 Å². The Hall–Kier alpha value is -2.60. The lowest BCUT2D eigenvalue weighted by molar-refractivity contribution is 0.0917. The monoisotopic (exact) mass is 328 g/mol. The summed E-state index contributed by atoms with van der Waals surface area (Å²) < 4.78 is 10.5. The summed E-state index contributed by atoms with van der Waals surface area (Å²) in [6.07, 6.45) is 0.801. The molecule has 2 aromatic heterocycles. The van der Waals surface area contributed by atoms with Gasteiger partial charge in [0.1, 0.15) is 6.61 Å². The molecule has 118 valence electrons. The lowest BCUT2D eigenvalue weighted by atomic mass is 10.2. The number of carbonyl (C=O) groups excluding carboxylic acids is 1. The molecule has 0 radical (unpaired) electrons. The maximum atomic E-state index is 12.0. The Morgan fingerprint density at radius 1 is 1.22 bits per heavy atom. The second-order valence-corrected chi connectivity index (χ2v) is 5.92. The van der Waals surface area contributed by atoms with Crippen molar-refractivity contribution in [2.75, 3.05) is 6.54 Å². The minimum Gasteiger partial charge on any atom is -0.471 e. The van der Waals surface area contributed by atoms with Gasteiger partial charge < -0.3 is 14.6 Å². The van der Waals surface area contributed by atoms with Crippen LogP contribution in [0.2, 0.25) is 0 Å². The molecule has 0 spiro atoms. The lowest BCUT2D eigenvalue weighted by Gasteiger charge is -2.01. The Bertz CT molecular complexity index is 738. The third kappa shape index (κ3) is 4.43. The van der Waals surface area contributed by atoms with Crippen LogP contribution in [0.5, 0.6) is 5.88 Å². The van der Waals surface area contributed by atoms with E-state index in [1.54, 1.807) is 11.3 Å². The van der Waals surface area contributed by atoms with E-state index in [0.717, 1.165) is 12.0 Å². The van der Waals surface area contributed by atoms with Gasteiger partial charge in [0, 0.05) is 11.4 Å². The summed E-state index contributed by atoms with van der Waals surface area (Å²) in [7, 11) is 0. The van der Waals surface area contributed by atoms with E-state index in [-0.39, 0.29) is 11.7 Å². The second-order valence-electron chi connectivity index (χ2n) is 4.89. The van der Waals surface area contributed by atoms with Crippen LogP contribution in [-0.4, -0.2) is 17.6 Å². The molecule has 0 aliphatic carbocycles. The van der Waals surface area contributed by atoms with E-state index >= 15 is 0 Å². The maximum absolute atomic E-state index is 12.0. The average molecular weight is 328 g/mol. The third-order valence-electron chi connectivity index (χ3n) is 3.18. The Kier molecular flexibility index (Phi) is 5.06. The highest BCUT2D eigenvalue weighted by atomic mass is 32.1. The summed E-state index contributed by atoms with van der Waals surface area (Å²) in [5.74, 6) is 0.167. The molecule has 2 heterocycles. The Labute approximate surface area is 137 Å². The Morgan fingerprint density at radius 3 is 2.87 bits per heavy atom. The van der Waals surface area contributed by atoms with E-state index in [9.17, 15) is 4.79 Å². The average Bonchev–Trinajstić information content (AvgIpc) is 3.25. The first-order valence-corrected chi connectivity index (χ1v) is 8.13. The highest BCUT2D eigenvalue weighted by molar-refractivity contribution is 7.09. The zero-order valence-electron chi connectivity index (χ0n) is 12.4. The predicted octanol–water partition coefficient (Wildman–Crippen LogP) is 3.29. The first-order chi connectivity index (χ1) is 11.3. The molecule has 0 saturated heterocycles. The standard InChI is InChI=1S/C17H16N2O3S/c20-17(18-9-8-14-7-4-10-23-14)15-11-16(19-22-15)21-12-13-5-2-1-3-6-13/h1-7,10-11H,8-9,12H2,(H,18,20). The molecule has 0 unspecified atom stereocenters. The Morgan fingerprint density at radius 2 is 2.09 bits per heavy atom. The molecular formula is C17H16N2O3S. The molecule has 0 aliphatic heterocycles. The number of carbonyl (C=O) groups is 1. The number of nitrogens with one attached hydrogen (secondary N) is 1. The van der Waals surface area contributed by atoms with Gasteiger partial charge in [-0.25, -0.2) is 0 Å². The molecule has 0 fully saturated rings. The van der Waals surface area contributed by atoms with Gasteiger partial charge in [0.25, 0.3) is 11.8 Å². The van der Waals surface area contributed by atoms with E-state index < -0.39 is 0 Å². The fraction of sp³-hybridized carbons (Fsp3) is 0.176. The minimum absolute atomic E-state index is 0.152. The van der Waals surface area contributed by atoms with Crippen LogP contribution in [0.3, 0.4) is 0 Å². The van der Waals surface area contributed by atoms with Crippen LogP contribution in [-0.2, 0) is 13.0 Å². The largest absolute Gasteiger partial charge is 0.471 e. The molecule has 5 nitrogen and oxygen atoms in total. The molecule has 0 saturated carbocycles. The number of hydrogen-bond acceptors (Lipinski definition) is 5. The van der Waals surface area contributed by atoms with Gasteiger partial charge in [-0.1, -0.05) is 36.4 Å². The number of benzene rings is 1. The number of hydrogen-bond donors (Lipinski definition) is 1. The number of nitrogens with zero attached hydrogens (tertiary/aromatic N) is 1. The molecule has 6 heteroatoms. The molecule has 3 rings (SSSR count). The number of aromatic nitrogens is 1. The van der Waals surface area contributed by atoms with Crippen LogP contribution in [0.25, 0.3) is 0 Å². The van der Waals surface area contributed by atoms with Crippen LogP contribution < -0.4 is 10.1 Å². The van der Waals surface area contributed by atoms with Crippen molar-refractivity contribution in [3.8, 4) is 5.88 Å². The van der Waals surface area contributed by atoms with Crippen LogP contribution in [0.15, 0.2) is 58.4 Å². The van der Waals surface area contributed by atoms with Gasteiger partial charge in [0.2, 0.25) is 5.76 Å². The van der Waals surface area contributed by atoms with Crippen molar-refractivity contribution >= 4 is 17.2 Å². The lowest BCUT2D eigenvalue weighted by Crippen LogP contribution is -2.25. The molecule has 0 bridgehead atoms. The summed E-state index contributed by atoms with van der Waals surface area (Å²) in [6.45, 7) is 0.938. The summed E-state index contributed by atoms with van der Waals surface area (Å²) >= 11 is 1.67. The summed E-state index contributed by atoms with van der Waals surface area (Å²) in [5.41, 5.74) is 1.03. The zero-order chi connectivity index (χ0) is 15.9. The fourth-order valence-electron chi connectivity index (χ4n) is 2.01. The maximum Gasteiger partial charge on any atom is 0.290 e. The van der Waals surface area contributed by atoms with E-state index in [0.29, 0.717) is 19.0 Å². The number of amides is 1. The zero-order valence-corrected chi connectivity index (χ0v) is 13.2. The van der Waals surface area contributed by atoms with Crippen molar-refractivity contribution in [3.05, 3.63) is 70.1 Å². The quantitative estimate of drug-likeness (QED) is 0.723. The van der Waals surface area contributed by atoms with Crippen molar-refractivity contribution in [1.82, 2.24) is 10.5 Å². The number of ether oxygens (including phenoxy) is 1. The first kappa shape index (κ1) is 15.3. The summed E-state index contributed by atoms with van der Waals surface area (Å²) in [4.78, 5) is 13.2. The molecular weight excluding hydrogens is 312 g/mol. The minimum atomic E-state index is -0.288. The van der Waals surface area contributed by atoms with Crippen molar-refractivity contribution in [1.29, 1.82) is 0 Å². The van der Waals surface area contributed by atoms with Crippen LogP contribution in [0.4, 0.5) is 0 Å². The highest BCUT2D eigenvalue weighted by Crippen LogP contribution is 2.13. The molecule has 0 atom stereocenters. The highest BCUT2D eigenvalue weighted by Gasteiger charge is 2.13. The van der Waals surface area contributed by atoms with Crippen LogP contribution >= 0.6 is 11.3 Å². The third-order valence-corrected chi connectivity index (χ3v) is 4.12. The van der Waals surface area contributed by atoms with Gasteiger partial charge >= 0.3 is 0 Å². The van der Waals surface area contributed by atoms with Crippen molar-refractivity contribution in [2.45, 2.75) is 13.0 Å². The SMILES string of the molecule is O=C(NCCc1cccs1)c1cc(OCc2ccccc2)no1. The van der Waals surface area contributed by atoms with E-state index in [1.165, 1.54) is 10.9 Å². The van der Waals surface area contributed by atoms with Crippen LogP contribution in [0, 0.1) is 0 Å². The van der Waals surface area contributed by atoms with Gasteiger partial charge in [-0.05, 0) is 28.6 Å². The van der Waals surface area contributed by atoms with Crippen molar-refractivity contribution < 1.29 is 14.1 Å². The molecule has 0 aliphatic rings. The molecule has 1 amide bonds. The molecule has 3 aromatic rings. The normalized spacial score (nSPS) is 10.4. The molecule has 23 heavy (non-hydrogen) atoms. The summed E-state index contributed by atoms with van der Waals surface area (Å²) in [5, 5.41) is 8.57. The van der Waals surface area contributed by atoms with E-state index in [1.807, 2.05) is 47.8 Å². The van der Waals surface area contributed by atoms with Gasteiger partial charge in [-0.2, -0.15) is 0 Å². The molecule has 1 aromatic carbocycles. The first-order valence-electron chi connectivity index (χ1n) is 7.25. The van der Waals surface area contributed by atoms with E-state index in [4.69, 9.17) is 9.26 Å². The van der Waals surface area contributed by atoms with Crippen molar-refractivity contribution in [3.63, 3.8) is 0 Å². The number of rotatable bonds is 7. The van der Waals surface area contributed by atoms with Gasteiger partial charge in [0.05, 0.1) is 6.07 Å².